The number of nitrogens with one attached hydrogen (secondary N) is 1. The highest BCUT2D eigenvalue weighted by atomic mass is 16.5. The van der Waals surface area contributed by atoms with Crippen LogP contribution in [-0.2, 0) is 0 Å². The largest absolute Gasteiger partial charge is 0.494 e. The number of hydrogen-bond donors (Lipinski definition) is 1. The van der Waals surface area contributed by atoms with Crippen molar-refractivity contribution in [3.8, 4) is 17.2 Å². The zero-order valence-corrected chi connectivity index (χ0v) is 20.4. The van der Waals surface area contributed by atoms with E-state index in [1.54, 1.807) is 0 Å². The summed E-state index contributed by atoms with van der Waals surface area (Å²) < 4.78 is 17.8. The zero-order chi connectivity index (χ0) is 23.3. The molecule has 0 bridgehead atoms. The summed E-state index contributed by atoms with van der Waals surface area (Å²) in [6.07, 6.45) is 10.3. The Labute approximate surface area is 192 Å². The van der Waals surface area contributed by atoms with Gasteiger partial charge in [-0.15, -0.1) is 0 Å². The molecule has 0 spiro atoms. The fourth-order valence-electron chi connectivity index (χ4n) is 3.20. The van der Waals surface area contributed by atoms with Crippen LogP contribution in [0.15, 0.2) is 46.3 Å². The lowest BCUT2D eigenvalue weighted by Crippen LogP contribution is -2.15. The molecular formula is C27H39NO4. The molecule has 5 nitrogen and oxygen atoms in total. The third-order valence-electron chi connectivity index (χ3n) is 5.16. The number of allylic oxidation sites excluding steroid dienone is 3. The van der Waals surface area contributed by atoms with E-state index in [0.29, 0.717) is 31.1 Å². The number of fused-ring (bicyclic) bond motifs is 1. The van der Waals surface area contributed by atoms with E-state index in [4.69, 9.17) is 14.2 Å². The van der Waals surface area contributed by atoms with E-state index >= 15 is 0 Å². The van der Waals surface area contributed by atoms with Gasteiger partial charge in [0.2, 0.25) is 5.75 Å². The molecular weight excluding hydrogens is 402 g/mol. The van der Waals surface area contributed by atoms with Gasteiger partial charge in [0.1, 0.15) is 12.4 Å². The van der Waals surface area contributed by atoms with E-state index in [1.807, 2.05) is 18.2 Å². The number of unbranched alkanes of at least 4 members (excludes halogenated alkanes) is 2. The van der Waals surface area contributed by atoms with E-state index < -0.39 is 0 Å². The second-order valence-electron chi connectivity index (χ2n) is 8.41. The Balaban J connectivity index is 2.27. The Kier molecular flexibility index (Phi) is 10.9. The van der Waals surface area contributed by atoms with Gasteiger partial charge in [-0.05, 0) is 64.7 Å². The number of hydrogen-bond acceptors (Lipinski definition) is 4. The number of pyridine rings is 1. The van der Waals surface area contributed by atoms with Crippen LogP contribution in [0.2, 0.25) is 0 Å². The van der Waals surface area contributed by atoms with Crippen molar-refractivity contribution in [3.63, 3.8) is 0 Å². The molecule has 0 aliphatic heterocycles. The van der Waals surface area contributed by atoms with Crippen LogP contribution in [0.25, 0.3) is 10.9 Å². The third-order valence-corrected chi connectivity index (χ3v) is 5.16. The van der Waals surface area contributed by atoms with E-state index in [2.05, 4.69) is 51.8 Å². The predicted octanol–water partition coefficient (Wildman–Crippen LogP) is 6.96. The van der Waals surface area contributed by atoms with Crippen LogP contribution in [0.4, 0.5) is 0 Å². The molecule has 5 heteroatoms. The minimum absolute atomic E-state index is 0.251. The number of H-pyrrole nitrogens is 1. The molecule has 0 saturated carbocycles. The summed E-state index contributed by atoms with van der Waals surface area (Å²) in [5, 5.41) is 0.814. The smallest absolute Gasteiger partial charge is 0.294 e. The molecule has 0 unspecified atom stereocenters. The van der Waals surface area contributed by atoms with Gasteiger partial charge < -0.3 is 19.2 Å². The summed E-state index contributed by atoms with van der Waals surface area (Å²) in [7, 11) is 0. The Morgan fingerprint density at radius 1 is 0.938 bits per heavy atom. The van der Waals surface area contributed by atoms with E-state index in [1.165, 1.54) is 11.1 Å². The van der Waals surface area contributed by atoms with Gasteiger partial charge in [-0.3, -0.25) is 4.79 Å². The van der Waals surface area contributed by atoms with Gasteiger partial charge in [-0.1, -0.05) is 43.9 Å². The van der Waals surface area contributed by atoms with Crippen molar-refractivity contribution in [2.45, 2.75) is 73.1 Å². The Bertz CT molecular complexity index is 968. The van der Waals surface area contributed by atoms with E-state index in [0.717, 1.165) is 49.7 Å². The van der Waals surface area contributed by atoms with Gasteiger partial charge >= 0.3 is 0 Å². The van der Waals surface area contributed by atoms with Gasteiger partial charge in [0.05, 0.1) is 18.7 Å². The topological polar surface area (TPSA) is 60.6 Å². The number of aromatic nitrogens is 1. The van der Waals surface area contributed by atoms with Crippen molar-refractivity contribution >= 4 is 10.9 Å². The molecule has 0 radical (unpaired) electrons. The molecule has 1 aromatic carbocycles. The molecule has 1 N–H and O–H groups in total. The second-order valence-corrected chi connectivity index (χ2v) is 8.41. The van der Waals surface area contributed by atoms with Crippen molar-refractivity contribution < 1.29 is 14.2 Å². The lowest BCUT2D eigenvalue weighted by molar-refractivity contribution is 0.277. The van der Waals surface area contributed by atoms with Crippen molar-refractivity contribution in [2.75, 3.05) is 19.8 Å². The average Bonchev–Trinajstić information content (AvgIpc) is 2.75. The highest BCUT2D eigenvalue weighted by Gasteiger charge is 2.16. The quantitative estimate of drug-likeness (QED) is 0.254. The van der Waals surface area contributed by atoms with Crippen molar-refractivity contribution in [3.05, 3.63) is 51.9 Å². The van der Waals surface area contributed by atoms with E-state index in [-0.39, 0.29) is 11.3 Å². The molecule has 0 amide bonds. The summed E-state index contributed by atoms with van der Waals surface area (Å²) in [5.41, 5.74) is 3.00. The van der Waals surface area contributed by atoms with Gasteiger partial charge in [-0.25, -0.2) is 0 Å². The lowest BCUT2D eigenvalue weighted by Gasteiger charge is -2.15. The first kappa shape index (κ1) is 25.6. The molecule has 0 aliphatic rings. The van der Waals surface area contributed by atoms with Crippen LogP contribution < -0.4 is 19.8 Å². The van der Waals surface area contributed by atoms with Crippen molar-refractivity contribution in [1.29, 1.82) is 0 Å². The molecule has 0 atom stereocenters. The maximum Gasteiger partial charge on any atom is 0.294 e. The summed E-state index contributed by atoms with van der Waals surface area (Å²) in [4.78, 5) is 15.7. The molecule has 1 aromatic heterocycles. The predicted molar refractivity (Wildman–Crippen MR) is 133 cm³/mol. The van der Waals surface area contributed by atoms with Crippen LogP contribution in [0.1, 0.15) is 73.1 Å². The average molecular weight is 442 g/mol. The highest BCUT2D eigenvalue weighted by molar-refractivity contribution is 5.88. The molecule has 1 heterocycles. The maximum atomic E-state index is 12.8. The van der Waals surface area contributed by atoms with Gasteiger partial charge in [0.25, 0.3) is 5.56 Å². The summed E-state index contributed by atoms with van der Waals surface area (Å²) in [5.74, 6) is 1.48. The Hall–Kier alpha value is -2.69. The summed E-state index contributed by atoms with van der Waals surface area (Å²) in [6.45, 7) is 12.1. The van der Waals surface area contributed by atoms with Crippen LogP contribution in [-0.4, -0.2) is 24.8 Å². The summed E-state index contributed by atoms with van der Waals surface area (Å²) in [6, 6.07) is 5.70. The first-order valence-electron chi connectivity index (χ1n) is 11.8. The first-order chi connectivity index (χ1) is 15.5. The SMILES string of the molecule is CCCCOc1ccc2c(OC/C=C(\C)CCC=C(C)C)c(OCCCC)c(=O)[nH]c2c1. The summed E-state index contributed by atoms with van der Waals surface area (Å²) >= 11 is 0. The van der Waals surface area contributed by atoms with Crippen LogP contribution >= 0.6 is 0 Å². The lowest BCUT2D eigenvalue weighted by atomic mass is 10.1. The molecule has 2 aromatic rings. The molecule has 32 heavy (non-hydrogen) atoms. The second kappa shape index (κ2) is 13.7. The van der Waals surface area contributed by atoms with Gasteiger partial charge in [0, 0.05) is 11.5 Å². The van der Waals surface area contributed by atoms with Gasteiger partial charge in [0.15, 0.2) is 5.75 Å². The maximum absolute atomic E-state index is 12.8. The monoisotopic (exact) mass is 441 g/mol. The number of ether oxygens (including phenoxy) is 3. The first-order valence-corrected chi connectivity index (χ1v) is 11.8. The fourth-order valence-corrected chi connectivity index (χ4v) is 3.20. The molecule has 2 rings (SSSR count). The van der Waals surface area contributed by atoms with E-state index in [9.17, 15) is 4.79 Å². The van der Waals surface area contributed by atoms with Crippen molar-refractivity contribution in [1.82, 2.24) is 4.98 Å². The molecule has 0 saturated heterocycles. The van der Waals surface area contributed by atoms with Crippen LogP contribution in [0, 0.1) is 0 Å². The third kappa shape index (κ3) is 8.10. The Morgan fingerprint density at radius 2 is 1.66 bits per heavy atom. The molecule has 0 fully saturated rings. The number of rotatable bonds is 14. The molecule has 0 aliphatic carbocycles. The van der Waals surface area contributed by atoms with Crippen molar-refractivity contribution in [2.24, 2.45) is 0 Å². The minimum Gasteiger partial charge on any atom is -0.494 e. The Morgan fingerprint density at radius 3 is 2.34 bits per heavy atom. The standard InChI is InChI=1S/C27H39NO4/c1-6-8-16-30-22-13-14-23-24(19-22)28-27(29)26(31-17-9-7-2)25(23)32-18-15-21(5)12-10-11-20(3)4/h11,13-15,19H,6-10,12,16-18H2,1-5H3,(H,28,29)/b21-15+. The van der Waals surface area contributed by atoms with Crippen LogP contribution in [0.5, 0.6) is 17.2 Å². The zero-order valence-electron chi connectivity index (χ0n) is 20.4. The van der Waals surface area contributed by atoms with Crippen LogP contribution in [0.3, 0.4) is 0 Å². The minimum atomic E-state index is -0.279. The normalized spacial score (nSPS) is 11.5. The van der Waals surface area contributed by atoms with Gasteiger partial charge in [-0.2, -0.15) is 0 Å². The fraction of sp³-hybridized carbons (Fsp3) is 0.519. The number of benzene rings is 1. The number of aromatic amines is 1. The molecule has 176 valence electrons. The highest BCUT2D eigenvalue weighted by Crippen LogP contribution is 2.33.